The number of nitrogens with one attached hydrogen (secondary N) is 1. The summed E-state index contributed by atoms with van der Waals surface area (Å²) >= 11 is 0. The predicted octanol–water partition coefficient (Wildman–Crippen LogP) is 0.402. The van der Waals surface area contributed by atoms with Gasteiger partial charge < -0.3 is 10.1 Å². The molecule has 4 rings (SSSR count). The summed E-state index contributed by atoms with van der Waals surface area (Å²) in [6.07, 6.45) is 5.07. The molecule has 3 aromatic rings. The molecular formula is C16H17N7O2. The first kappa shape index (κ1) is 15.5. The lowest BCUT2D eigenvalue weighted by atomic mass is 10.2. The molecule has 1 unspecified atom stereocenters. The summed E-state index contributed by atoms with van der Waals surface area (Å²) in [4.78, 5) is 16.1. The molecule has 3 aromatic heterocycles. The van der Waals surface area contributed by atoms with Gasteiger partial charge >= 0.3 is 0 Å². The van der Waals surface area contributed by atoms with Crippen molar-refractivity contribution >= 4 is 5.91 Å². The largest absolute Gasteiger partial charge is 0.368 e. The molecule has 1 atom stereocenters. The second-order valence-electron chi connectivity index (χ2n) is 5.83. The Bertz CT molecular complexity index is 887. The van der Waals surface area contributed by atoms with Gasteiger partial charge in [-0.15, -0.1) is 5.10 Å². The van der Waals surface area contributed by atoms with Crippen molar-refractivity contribution in [3.63, 3.8) is 0 Å². The van der Waals surface area contributed by atoms with Crippen molar-refractivity contribution in [1.29, 1.82) is 0 Å². The molecule has 0 radical (unpaired) electrons. The number of amides is 1. The van der Waals surface area contributed by atoms with Crippen LogP contribution in [0.1, 0.15) is 16.2 Å². The number of pyridine rings is 1. The Morgan fingerprint density at radius 2 is 2.36 bits per heavy atom. The van der Waals surface area contributed by atoms with Crippen LogP contribution in [0, 0.1) is 0 Å². The van der Waals surface area contributed by atoms with Crippen LogP contribution in [0.5, 0.6) is 0 Å². The molecule has 128 valence electrons. The molecule has 1 amide bonds. The van der Waals surface area contributed by atoms with Crippen molar-refractivity contribution < 1.29 is 9.53 Å². The number of carbonyl (C=O) groups is 1. The summed E-state index contributed by atoms with van der Waals surface area (Å²) in [5.74, 6) is -0.218. The van der Waals surface area contributed by atoms with Crippen LogP contribution in [-0.2, 0) is 24.9 Å². The number of fused-ring (bicyclic) bond motifs is 1. The highest BCUT2D eigenvalue weighted by Gasteiger charge is 2.25. The van der Waals surface area contributed by atoms with Crippen molar-refractivity contribution in [1.82, 2.24) is 35.1 Å². The molecule has 9 nitrogen and oxygen atoms in total. The zero-order valence-corrected chi connectivity index (χ0v) is 13.7. The number of nitrogens with zero attached hydrogens (tertiary/aromatic N) is 6. The molecule has 0 saturated carbocycles. The SMILES string of the molecule is Cn1cc(-c2nnn3c2COC(CNC(=O)c2ccccn2)C3)cn1. The maximum Gasteiger partial charge on any atom is 0.269 e. The Morgan fingerprint density at radius 3 is 3.12 bits per heavy atom. The van der Waals surface area contributed by atoms with Gasteiger partial charge in [0.25, 0.3) is 5.91 Å². The number of ether oxygens (including phenoxy) is 1. The Hall–Kier alpha value is -3.07. The van der Waals surface area contributed by atoms with Gasteiger partial charge in [-0.2, -0.15) is 5.10 Å². The maximum absolute atomic E-state index is 12.1. The minimum absolute atomic E-state index is 0.163. The summed E-state index contributed by atoms with van der Waals surface area (Å²) < 4.78 is 9.40. The van der Waals surface area contributed by atoms with E-state index >= 15 is 0 Å². The average molecular weight is 339 g/mol. The fourth-order valence-electron chi connectivity index (χ4n) is 2.75. The van der Waals surface area contributed by atoms with Crippen molar-refractivity contribution in [3.8, 4) is 11.3 Å². The molecule has 9 heteroatoms. The summed E-state index contributed by atoms with van der Waals surface area (Å²) in [5.41, 5.74) is 3.00. The third-order valence-electron chi connectivity index (χ3n) is 4.04. The molecule has 0 aliphatic carbocycles. The van der Waals surface area contributed by atoms with Gasteiger partial charge in [-0.05, 0) is 12.1 Å². The van der Waals surface area contributed by atoms with Gasteiger partial charge in [0.1, 0.15) is 11.4 Å². The van der Waals surface area contributed by atoms with E-state index in [0.29, 0.717) is 25.4 Å². The highest BCUT2D eigenvalue weighted by molar-refractivity contribution is 5.92. The normalized spacial score (nSPS) is 16.4. The van der Waals surface area contributed by atoms with E-state index in [0.717, 1.165) is 17.0 Å². The maximum atomic E-state index is 12.1. The first-order chi connectivity index (χ1) is 12.2. The van der Waals surface area contributed by atoms with Crippen LogP contribution in [0.2, 0.25) is 0 Å². The van der Waals surface area contributed by atoms with E-state index in [9.17, 15) is 4.79 Å². The second-order valence-corrected chi connectivity index (χ2v) is 5.83. The van der Waals surface area contributed by atoms with E-state index in [1.54, 1.807) is 35.3 Å². The smallest absolute Gasteiger partial charge is 0.269 e. The van der Waals surface area contributed by atoms with E-state index in [2.05, 4.69) is 25.7 Å². The highest BCUT2D eigenvalue weighted by Crippen LogP contribution is 2.24. The monoisotopic (exact) mass is 339 g/mol. The first-order valence-corrected chi connectivity index (χ1v) is 7.93. The van der Waals surface area contributed by atoms with Crippen LogP contribution in [0.25, 0.3) is 11.3 Å². The summed E-state index contributed by atoms with van der Waals surface area (Å²) in [6.45, 7) is 1.31. The van der Waals surface area contributed by atoms with Gasteiger partial charge in [0.05, 0.1) is 31.1 Å². The summed E-state index contributed by atoms with van der Waals surface area (Å²) in [6, 6.07) is 5.22. The van der Waals surface area contributed by atoms with Crippen LogP contribution in [0.4, 0.5) is 0 Å². The standard InChI is InChI=1S/C16H17N7O2/c1-22-8-11(6-19-22)15-14-10-25-12(9-23(14)21-20-15)7-18-16(24)13-4-2-3-5-17-13/h2-6,8,12H,7,9-10H2,1H3,(H,18,24). The molecule has 4 heterocycles. The molecule has 1 aliphatic rings. The third kappa shape index (κ3) is 3.13. The molecule has 0 fully saturated rings. The van der Waals surface area contributed by atoms with E-state index in [1.165, 1.54) is 0 Å². The lowest BCUT2D eigenvalue weighted by molar-refractivity contribution is 0.00174. The number of aromatic nitrogens is 6. The Morgan fingerprint density at radius 1 is 1.44 bits per heavy atom. The molecule has 0 aromatic carbocycles. The fourth-order valence-corrected chi connectivity index (χ4v) is 2.75. The molecule has 25 heavy (non-hydrogen) atoms. The van der Waals surface area contributed by atoms with Gasteiger partial charge in [0, 0.05) is 31.5 Å². The van der Waals surface area contributed by atoms with Gasteiger partial charge in [-0.25, -0.2) is 4.68 Å². The lowest BCUT2D eigenvalue weighted by Crippen LogP contribution is -2.39. The quantitative estimate of drug-likeness (QED) is 0.739. The molecule has 1 aliphatic heterocycles. The van der Waals surface area contributed by atoms with Crippen LogP contribution >= 0.6 is 0 Å². The van der Waals surface area contributed by atoms with Gasteiger partial charge in [0.2, 0.25) is 0 Å². The van der Waals surface area contributed by atoms with Gasteiger partial charge in [0.15, 0.2) is 0 Å². The van der Waals surface area contributed by atoms with E-state index in [4.69, 9.17) is 4.74 Å². The highest BCUT2D eigenvalue weighted by atomic mass is 16.5. The van der Waals surface area contributed by atoms with Crippen LogP contribution in [0.15, 0.2) is 36.8 Å². The molecule has 0 saturated heterocycles. The number of aryl methyl sites for hydroxylation is 1. The van der Waals surface area contributed by atoms with Crippen LogP contribution < -0.4 is 5.32 Å². The van der Waals surface area contributed by atoms with E-state index in [1.807, 2.05) is 17.9 Å². The van der Waals surface area contributed by atoms with Gasteiger partial charge in [-0.3, -0.25) is 14.5 Å². The van der Waals surface area contributed by atoms with E-state index in [-0.39, 0.29) is 12.0 Å². The third-order valence-corrected chi connectivity index (χ3v) is 4.04. The number of carbonyl (C=O) groups excluding carboxylic acids is 1. The van der Waals surface area contributed by atoms with Crippen molar-refractivity contribution in [3.05, 3.63) is 48.2 Å². The predicted molar refractivity (Wildman–Crippen MR) is 87.4 cm³/mol. The average Bonchev–Trinajstić information content (AvgIpc) is 3.25. The number of rotatable bonds is 4. The van der Waals surface area contributed by atoms with Crippen molar-refractivity contribution in [2.45, 2.75) is 19.3 Å². The number of hydrogen-bond acceptors (Lipinski definition) is 6. The molecule has 0 bridgehead atoms. The Kier molecular flexibility index (Phi) is 3.98. The fraction of sp³-hybridized carbons (Fsp3) is 0.312. The topological polar surface area (TPSA) is 99.8 Å². The lowest BCUT2D eigenvalue weighted by Gasteiger charge is -2.24. The number of hydrogen-bond donors (Lipinski definition) is 1. The molecular weight excluding hydrogens is 322 g/mol. The van der Waals surface area contributed by atoms with E-state index < -0.39 is 0 Å². The van der Waals surface area contributed by atoms with Gasteiger partial charge in [-0.1, -0.05) is 11.3 Å². The van der Waals surface area contributed by atoms with Crippen LogP contribution in [0.3, 0.4) is 0 Å². The van der Waals surface area contributed by atoms with Crippen molar-refractivity contribution in [2.24, 2.45) is 7.05 Å². The zero-order chi connectivity index (χ0) is 17.2. The van der Waals surface area contributed by atoms with Crippen LogP contribution in [-0.4, -0.2) is 48.3 Å². The molecule has 0 spiro atoms. The molecule has 1 N–H and O–H groups in total. The minimum Gasteiger partial charge on any atom is -0.368 e. The summed E-state index contributed by atoms with van der Waals surface area (Å²) in [7, 11) is 1.86. The Balaban J connectivity index is 1.40. The van der Waals surface area contributed by atoms with Crippen molar-refractivity contribution in [2.75, 3.05) is 6.54 Å². The Labute approximate surface area is 143 Å². The first-order valence-electron chi connectivity index (χ1n) is 7.93. The summed E-state index contributed by atoms with van der Waals surface area (Å²) in [5, 5.41) is 15.4. The zero-order valence-electron chi connectivity index (χ0n) is 13.7. The second kappa shape index (κ2) is 6.44. The minimum atomic E-state index is -0.218.